The summed E-state index contributed by atoms with van der Waals surface area (Å²) in [6.07, 6.45) is 8.74. The molecule has 3 atom stereocenters. The smallest absolute Gasteiger partial charge is 0.429 e. The van der Waals surface area contributed by atoms with E-state index in [0.717, 1.165) is 42.7 Å². The number of hydrogen-bond donors (Lipinski definition) is 0. The molecule has 5 aromatic carbocycles. The molecule has 0 N–H and O–H groups in total. The first kappa shape index (κ1) is 47.7. The second-order valence-corrected chi connectivity index (χ2v) is 17.2. The number of rotatable bonds is 13. The van der Waals surface area contributed by atoms with Gasteiger partial charge in [0.25, 0.3) is 0 Å². The largest absolute Gasteiger partial charge is 0.432 e. The van der Waals surface area contributed by atoms with E-state index in [1.165, 1.54) is 69.6 Å². The van der Waals surface area contributed by atoms with Crippen molar-refractivity contribution >= 4 is 0 Å². The Morgan fingerprint density at radius 2 is 1.10 bits per heavy atom. The maximum atomic E-state index is 14.9. The van der Waals surface area contributed by atoms with E-state index in [1.807, 2.05) is 12.1 Å². The van der Waals surface area contributed by atoms with Gasteiger partial charge >= 0.3 is 6.11 Å². The van der Waals surface area contributed by atoms with Crippen LogP contribution in [0.3, 0.4) is 0 Å². The van der Waals surface area contributed by atoms with Crippen LogP contribution in [0.1, 0.15) is 119 Å². The lowest BCUT2D eigenvalue weighted by Gasteiger charge is -2.39. The summed E-state index contributed by atoms with van der Waals surface area (Å²) in [6, 6.07) is 19.2. The van der Waals surface area contributed by atoms with Crippen molar-refractivity contribution in [2.75, 3.05) is 0 Å². The second kappa shape index (κ2) is 21.3. The van der Waals surface area contributed by atoms with Gasteiger partial charge in [-0.05, 0) is 127 Å². The fourth-order valence-electron chi connectivity index (χ4n) is 9.29. The summed E-state index contributed by atoms with van der Waals surface area (Å²) in [7, 11) is 0. The third kappa shape index (κ3) is 11.9. The molecule has 0 bridgehead atoms. The zero-order valence-electron chi connectivity index (χ0n) is 35.8. The first-order valence-corrected chi connectivity index (χ1v) is 22.1. The van der Waals surface area contributed by atoms with E-state index < -0.39 is 64.3 Å². The van der Waals surface area contributed by atoms with Gasteiger partial charge in [0.15, 0.2) is 17.5 Å². The van der Waals surface area contributed by atoms with Crippen LogP contribution in [0.25, 0.3) is 22.3 Å². The summed E-state index contributed by atoms with van der Waals surface area (Å²) in [4.78, 5) is 0. The molecule has 338 valence electrons. The Hall–Kier alpha value is -4.80. The molecule has 3 unspecified atom stereocenters. The van der Waals surface area contributed by atoms with Crippen LogP contribution in [0.15, 0.2) is 84.9 Å². The minimum Gasteiger partial charge on any atom is -0.429 e. The lowest BCUT2D eigenvalue weighted by Crippen LogP contribution is -2.31. The summed E-state index contributed by atoms with van der Waals surface area (Å²) >= 11 is 0. The van der Waals surface area contributed by atoms with Crippen molar-refractivity contribution in [1.82, 2.24) is 0 Å². The van der Waals surface area contributed by atoms with Gasteiger partial charge in [-0.25, -0.2) is 35.1 Å². The fraction of sp³-hybridized carbons (Fsp3) is 0.423. The predicted molar refractivity (Wildman–Crippen MR) is 228 cm³/mol. The summed E-state index contributed by atoms with van der Waals surface area (Å²) in [5.41, 5.74) is 2.20. The van der Waals surface area contributed by atoms with Gasteiger partial charge in [-0.2, -0.15) is 8.78 Å². The minimum absolute atomic E-state index is 0.00348. The molecule has 5 aromatic rings. The van der Waals surface area contributed by atoms with Crippen LogP contribution in [-0.4, -0.2) is 6.17 Å². The maximum Gasteiger partial charge on any atom is 0.432 e. The van der Waals surface area contributed by atoms with E-state index in [0.29, 0.717) is 47.9 Å². The molecule has 0 amide bonds. The number of unbranched alkanes of at least 4 members (excludes halogenated alkanes) is 2. The summed E-state index contributed by atoms with van der Waals surface area (Å²) in [5.74, 6) is -9.37. The van der Waals surface area contributed by atoms with Crippen molar-refractivity contribution < 1.29 is 48.6 Å². The fourth-order valence-corrected chi connectivity index (χ4v) is 9.29. The Labute approximate surface area is 363 Å². The van der Waals surface area contributed by atoms with Crippen LogP contribution < -0.4 is 4.74 Å². The average molecular weight is 885 g/mol. The Balaban J connectivity index is 0.000000228. The van der Waals surface area contributed by atoms with Crippen LogP contribution in [-0.2, 0) is 12.5 Å². The van der Waals surface area contributed by atoms with Crippen molar-refractivity contribution in [1.29, 1.82) is 0 Å². The topological polar surface area (TPSA) is 9.23 Å². The molecule has 2 saturated carbocycles. The van der Waals surface area contributed by atoms with Gasteiger partial charge in [0.2, 0.25) is 0 Å². The highest BCUT2D eigenvalue weighted by Gasteiger charge is 2.42. The molecule has 2 aliphatic carbocycles. The van der Waals surface area contributed by atoms with Gasteiger partial charge in [0.1, 0.15) is 40.8 Å². The van der Waals surface area contributed by atoms with Crippen LogP contribution >= 0.6 is 0 Å². The molecule has 0 saturated heterocycles. The van der Waals surface area contributed by atoms with E-state index in [-0.39, 0.29) is 29.2 Å². The van der Waals surface area contributed by atoms with E-state index in [4.69, 9.17) is 0 Å². The Kier molecular flexibility index (Phi) is 16.1. The summed E-state index contributed by atoms with van der Waals surface area (Å²) in [6.45, 7) is 5.82. The van der Waals surface area contributed by atoms with Gasteiger partial charge in [0, 0.05) is 23.6 Å². The van der Waals surface area contributed by atoms with Crippen molar-refractivity contribution in [3.8, 4) is 28.0 Å². The highest BCUT2D eigenvalue weighted by atomic mass is 19.3. The van der Waals surface area contributed by atoms with Crippen LogP contribution in [0.5, 0.6) is 5.75 Å². The number of halogens is 10. The number of ether oxygens (including phenoxy) is 1. The SMILES string of the molecule is CCCC1CCC(C2CCC(c3cc(F)c(C)c(F)c3)C(F)C2)CC1.CCCCCc1ccc(-c2ccc(-c3cc(F)c(C(F)(F)Oc4cc(F)c(F)c(F)c4)c(F)c3)cc2)cc1. The van der Waals surface area contributed by atoms with Crippen LogP contribution in [0.4, 0.5) is 43.9 Å². The van der Waals surface area contributed by atoms with E-state index in [1.54, 1.807) is 24.3 Å². The standard InChI is InChI=1S/C30H23F7O.C22H31F3/c1-2-3-4-5-18-6-8-19(9-7-18)20-10-12-21(13-11-20)22-14-24(31)28(25(32)15-22)30(36,37)38-23-16-26(33)29(35)27(34)17-23;1-3-4-15-5-7-16(8-6-15)17-9-10-19(22(25)11-17)18-12-20(23)14(2)21(24)13-18/h6-17H,2-5H2,1H3;12-13,15-17,19,22H,3-11H2,1-2H3. The molecule has 0 spiro atoms. The highest BCUT2D eigenvalue weighted by molar-refractivity contribution is 5.71. The van der Waals surface area contributed by atoms with E-state index in [2.05, 4.69) is 30.7 Å². The second-order valence-electron chi connectivity index (χ2n) is 17.2. The zero-order chi connectivity index (χ0) is 45.4. The number of alkyl halides is 3. The number of benzene rings is 5. The van der Waals surface area contributed by atoms with Crippen molar-refractivity contribution in [2.24, 2.45) is 17.8 Å². The minimum atomic E-state index is -4.64. The Morgan fingerprint density at radius 3 is 1.62 bits per heavy atom. The lowest BCUT2D eigenvalue weighted by atomic mass is 9.67. The molecule has 11 heteroatoms. The molecular formula is C52H54F10O. The molecule has 2 aliphatic rings. The molecule has 0 heterocycles. The third-order valence-electron chi connectivity index (χ3n) is 12.9. The van der Waals surface area contributed by atoms with Gasteiger partial charge in [-0.1, -0.05) is 101 Å². The average Bonchev–Trinajstić information content (AvgIpc) is 3.25. The molecule has 2 fully saturated rings. The number of aryl methyl sites for hydroxylation is 1. The van der Waals surface area contributed by atoms with Crippen molar-refractivity contribution in [2.45, 2.75) is 122 Å². The Morgan fingerprint density at radius 1 is 0.571 bits per heavy atom. The Bertz CT molecular complexity index is 2210. The predicted octanol–water partition coefficient (Wildman–Crippen LogP) is 16.7. The summed E-state index contributed by atoms with van der Waals surface area (Å²) < 4.78 is 145. The lowest BCUT2D eigenvalue weighted by molar-refractivity contribution is -0.189. The van der Waals surface area contributed by atoms with Crippen molar-refractivity contribution in [3.05, 3.63) is 148 Å². The first-order chi connectivity index (χ1) is 30.1. The molecule has 0 aliphatic heterocycles. The van der Waals surface area contributed by atoms with E-state index >= 15 is 0 Å². The molecule has 0 aromatic heterocycles. The molecule has 0 radical (unpaired) electrons. The molecule has 7 rings (SSSR count). The number of hydrogen-bond acceptors (Lipinski definition) is 1. The summed E-state index contributed by atoms with van der Waals surface area (Å²) in [5, 5.41) is 0. The van der Waals surface area contributed by atoms with Gasteiger partial charge in [-0.15, -0.1) is 0 Å². The molecule has 1 nitrogen and oxygen atoms in total. The van der Waals surface area contributed by atoms with Crippen LogP contribution in [0, 0.1) is 65.4 Å². The normalized spacial score (nSPS) is 20.2. The first-order valence-electron chi connectivity index (χ1n) is 22.1. The molecular weight excluding hydrogens is 831 g/mol. The van der Waals surface area contributed by atoms with Gasteiger partial charge in [-0.3, -0.25) is 0 Å². The monoisotopic (exact) mass is 884 g/mol. The maximum absolute atomic E-state index is 14.9. The quantitative estimate of drug-likeness (QED) is 0.0650. The van der Waals surface area contributed by atoms with Gasteiger partial charge < -0.3 is 4.74 Å². The van der Waals surface area contributed by atoms with Gasteiger partial charge in [0.05, 0.1) is 0 Å². The molecule has 63 heavy (non-hydrogen) atoms. The van der Waals surface area contributed by atoms with E-state index in [9.17, 15) is 43.9 Å². The van der Waals surface area contributed by atoms with Crippen molar-refractivity contribution in [3.63, 3.8) is 0 Å². The zero-order valence-corrected chi connectivity index (χ0v) is 35.8. The van der Waals surface area contributed by atoms with Crippen LogP contribution in [0.2, 0.25) is 0 Å². The highest BCUT2D eigenvalue weighted by Crippen LogP contribution is 2.46. The third-order valence-corrected chi connectivity index (χ3v) is 12.9.